The van der Waals surface area contributed by atoms with Crippen LogP contribution < -0.4 is 11.1 Å². The maximum Gasteiger partial charge on any atom is 0.343 e. The molecule has 0 aromatic rings. The fraction of sp³-hybridized carbons (Fsp3) is 0.778. The summed E-state index contributed by atoms with van der Waals surface area (Å²) in [4.78, 5) is 14.9. The molecule has 1 spiro atoms. The molecular formula is C9H15N3O. The number of amides is 2. The fourth-order valence-electron chi connectivity index (χ4n) is 2.53. The summed E-state index contributed by atoms with van der Waals surface area (Å²) in [5.74, 6) is 0.472. The smallest absolute Gasteiger partial charge is 0.343 e. The first-order valence-corrected chi connectivity index (χ1v) is 4.65. The Morgan fingerprint density at radius 1 is 1.46 bits per heavy atom. The van der Waals surface area contributed by atoms with Gasteiger partial charge in [0.2, 0.25) is 0 Å². The molecule has 1 atom stereocenters. The van der Waals surface area contributed by atoms with Crippen LogP contribution in [0.1, 0.15) is 33.1 Å². The van der Waals surface area contributed by atoms with Gasteiger partial charge >= 0.3 is 6.03 Å². The van der Waals surface area contributed by atoms with E-state index in [1.807, 2.05) is 0 Å². The highest BCUT2D eigenvalue weighted by Crippen LogP contribution is 2.47. The van der Waals surface area contributed by atoms with Crippen LogP contribution in [0.2, 0.25) is 0 Å². The molecule has 4 heteroatoms. The Kier molecular flexibility index (Phi) is 1.47. The van der Waals surface area contributed by atoms with E-state index in [-0.39, 0.29) is 17.0 Å². The van der Waals surface area contributed by atoms with Crippen LogP contribution in [0.15, 0.2) is 4.99 Å². The lowest BCUT2D eigenvalue weighted by Crippen LogP contribution is -2.58. The van der Waals surface area contributed by atoms with Crippen molar-refractivity contribution in [3.05, 3.63) is 0 Å². The van der Waals surface area contributed by atoms with Gasteiger partial charge in [-0.1, -0.05) is 13.8 Å². The minimum Gasteiger partial charge on any atom is -0.385 e. The quantitative estimate of drug-likeness (QED) is 0.585. The second-order valence-electron chi connectivity index (χ2n) is 4.57. The van der Waals surface area contributed by atoms with E-state index in [9.17, 15) is 4.79 Å². The molecule has 2 rings (SSSR count). The predicted octanol–water partition coefficient (Wildman–Crippen LogP) is 1.02. The van der Waals surface area contributed by atoms with E-state index in [1.165, 1.54) is 0 Å². The van der Waals surface area contributed by atoms with Crippen molar-refractivity contribution in [3.8, 4) is 0 Å². The molecule has 0 saturated heterocycles. The number of aliphatic imine (C=N–C) groups is 1. The van der Waals surface area contributed by atoms with Crippen molar-refractivity contribution in [2.75, 3.05) is 0 Å². The first kappa shape index (κ1) is 8.53. The molecule has 2 amide bonds. The van der Waals surface area contributed by atoms with Crippen LogP contribution >= 0.6 is 0 Å². The molecule has 0 aromatic heterocycles. The minimum absolute atomic E-state index is 0.0345. The maximum absolute atomic E-state index is 11.1. The Bertz CT molecular complexity index is 295. The third-order valence-electron chi connectivity index (χ3n) is 3.49. The lowest BCUT2D eigenvalue weighted by Gasteiger charge is -2.37. The van der Waals surface area contributed by atoms with E-state index >= 15 is 0 Å². The number of carbonyl (C=O) groups is 1. The molecule has 1 saturated carbocycles. The van der Waals surface area contributed by atoms with Crippen LogP contribution in [-0.2, 0) is 0 Å². The number of nitrogens with zero attached hydrogens (tertiary/aromatic N) is 1. The van der Waals surface area contributed by atoms with Gasteiger partial charge in [-0.25, -0.2) is 4.79 Å². The Labute approximate surface area is 77.6 Å². The highest BCUT2D eigenvalue weighted by molar-refractivity contribution is 6.06. The zero-order valence-electron chi connectivity index (χ0n) is 8.05. The Balaban J connectivity index is 2.42. The molecule has 0 radical (unpaired) electrons. The lowest BCUT2D eigenvalue weighted by molar-refractivity contribution is 0.218. The molecule has 1 aliphatic heterocycles. The first-order valence-electron chi connectivity index (χ1n) is 4.65. The van der Waals surface area contributed by atoms with Crippen LogP contribution in [0.5, 0.6) is 0 Å². The molecule has 1 heterocycles. The van der Waals surface area contributed by atoms with Gasteiger partial charge in [0.05, 0.1) is 0 Å². The summed E-state index contributed by atoms with van der Waals surface area (Å²) in [6.07, 6.45) is 3.11. The lowest BCUT2D eigenvalue weighted by atomic mass is 9.74. The summed E-state index contributed by atoms with van der Waals surface area (Å²) in [5, 5.41) is 2.90. The Hall–Kier alpha value is -1.06. The second-order valence-corrected chi connectivity index (χ2v) is 4.57. The number of nitrogens with two attached hydrogens (primary N) is 1. The number of hydrogen-bond acceptors (Lipinski definition) is 2. The van der Waals surface area contributed by atoms with Crippen molar-refractivity contribution in [1.29, 1.82) is 0 Å². The van der Waals surface area contributed by atoms with Gasteiger partial charge in [-0.15, -0.1) is 0 Å². The van der Waals surface area contributed by atoms with Crippen LogP contribution in [0.4, 0.5) is 4.79 Å². The fourth-order valence-corrected chi connectivity index (χ4v) is 2.53. The number of rotatable bonds is 0. The summed E-state index contributed by atoms with van der Waals surface area (Å²) < 4.78 is 0. The van der Waals surface area contributed by atoms with E-state index in [0.717, 1.165) is 19.3 Å². The van der Waals surface area contributed by atoms with E-state index in [1.54, 1.807) is 0 Å². The van der Waals surface area contributed by atoms with Gasteiger partial charge in [-0.05, 0) is 24.7 Å². The summed E-state index contributed by atoms with van der Waals surface area (Å²) >= 11 is 0. The molecule has 0 aromatic carbocycles. The topological polar surface area (TPSA) is 67.5 Å². The standard InChI is InChI=1S/C9H15N3O/c1-8(2)4-3-5-9(8)6(10)11-7(13)12-9/h3-5H2,1-2H3,(H3,10,11,12,13). The molecule has 3 N–H and O–H groups in total. The van der Waals surface area contributed by atoms with Crippen LogP contribution in [0.25, 0.3) is 0 Å². The molecule has 13 heavy (non-hydrogen) atoms. The highest BCUT2D eigenvalue weighted by Gasteiger charge is 2.55. The Morgan fingerprint density at radius 2 is 2.15 bits per heavy atom. The largest absolute Gasteiger partial charge is 0.385 e. The van der Waals surface area contributed by atoms with Gasteiger partial charge in [-0.3, -0.25) is 0 Å². The zero-order valence-corrected chi connectivity index (χ0v) is 8.05. The second kappa shape index (κ2) is 2.25. The van der Waals surface area contributed by atoms with Crippen molar-refractivity contribution in [2.45, 2.75) is 38.6 Å². The first-order chi connectivity index (χ1) is 5.98. The van der Waals surface area contributed by atoms with Gasteiger partial charge in [0.15, 0.2) is 0 Å². The van der Waals surface area contributed by atoms with Crippen molar-refractivity contribution < 1.29 is 4.79 Å². The molecule has 4 nitrogen and oxygen atoms in total. The van der Waals surface area contributed by atoms with Crippen molar-refractivity contribution in [2.24, 2.45) is 16.1 Å². The number of urea groups is 1. The normalized spacial score (nSPS) is 36.5. The maximum atomic E-state index is 11.1. The van der Waals surface area contributed by atoms with Crippen molar-refractivity contribution in [1.82, 2.24) is 5.32 Å². The van der Waals surface area contributed by atoms with Gasteiger partial charge < -0.3 is 11.1 Å². The van der Waals surface area contributed by atoms with E-state index in [2.05, 4.69) is 24.2 Å². The molecule has 2 aliphatic rings. The van der Waals surface area contributed by atoms with Crippen LogP contribution in [-0.4, -0.2) is 17.4 Å². The number of hydrogen-bond donors (Lipinski definition) is 2. The van der Waals surface area contributed by atoms with E-state index < -0.39 is 0 Å². The van der Waals surface area contributed by atoms with Crippen molar-refractivity contribution >= 4 is 11.9 Å². The molecule has 1 aliphatic carbocycles. The highest BCUT2D eigenvalue weighted by atomic mass is 16.2. The molecule has 0 bridgehead atoms. The average Bonchev–Trinajstić information content (AvgIpc) is 2.40. The SMILES string of the molecule is CC1(C)CCCC12NC(=O)N=C2N. The molecule has 1 fully saturated rings. The van der Waals surface area contributed by atoms with Gasteiger partial charge in [0.25, 0.3) is 0 Å². The zero-order chi connectivity index (χ0) is 9.69. The predicted molar refractivity (Wildman–Crippen MR) is 50.5 cm³/mol. The van der Waals surface area contributed by atoms with E-state index in [0.29, 0.717) is 5.84 Å². The van der Waals surface area contributed by atoms with Gasteiger partial charge in [0.1, 0.15) is 11.4 Å². The van der Waals surface area contributed by atoms with E-state index in [4.69, 9.17) is 5.73 Å². The third kappa shape index (κ3) is 0.913. The average molecular weight is 181 g/mol. The minimum atomic E-state index is -0.357. The summed E-state index contributed by atoms with van der Waals surface area (Å²) in [5.41, 5.74) is 5.49. The van der Waals surface area contributed by atoms with Crippen LogP contribution in [0, 0.1) is 5.41 Å². The third-order valence-corrected chi connectivity index (χ3v) is 3.49. The number of amidine groups is 1. The van der Waals surface area contributed by atoms with Crippen LogP contribution in [0.3, 0.4) is 0 Å². The van der Waals surface area contributed by atoms with Gasteiger partial charge in [0, 0.05) is 0 Å². The Morgan fingerprint density at radius 3 is 2.54 bits per heavy atom. The molecular weight excluding hydrogens is 166 g/mol. The number of carbonyl (C=O) groups excluding carboxylic acids is 1. The molecule has 72 valence electrons. The monoisotopic (exact) mass is 181 g/mol. The summed E-state index contributed by atoms with van der Waals surface area (Å²) in [6, 6.07) is -0.285. The molecule has 1 unspecified atom stereocenters. The summed E-state index contributed by atoms with van der Waals surface area (Å²) in [7, 11) is 0. The van der Waals surface area contributed by atoms with Crippen molar-refractivity contribution in [3.63, 3.8) is 0 Å². The number of nitrogens with one attached hydrogen (secondary N) is 1. The van der Waals surface area contributed by atoms with Gasteiger partial charge in [-0.2, -0.15) is 4.99 Å². The summed E-state index contributed by atoms with van der Waals surface area (Å²) in [6.45, 7) is 4.27.